The Morgan fingerprint density at radius 2 is 1.76 bits per heavy atom. The maximum atomic E-state index is 13.5. The second-order valence-electron chi connectivity index (χ2n) is 7.42. The van der Waals surface area contributed by atoms with Gasteiger partial charge in [0.05, 0.1) is 17.9 Å². The van der Waals surface area contributed by atoms with Crippen LogP contribution in [0.1, 0.15) is 16.0 Å². The number of hydrogen-bond acceptors (Lipinski definition) is 6. The lowest BCUT2D eigenvalue weighted by Crippen LogP contribution is -2.48. The van der Waals surface area contributed by atoms with Crippen LogP contribution in [0.3, 0.4) is 0 Å². The molecule has 0 atom stereocenters. The van der Waals surface area contributed by atoms with E-state index in [2.05, 4.69) is 4.90 Å². The van der Waals surface area contributed by atoms with Crippen LogP contribution < -0.4 is 4.90 Å². The van der Waals surface area contributed by atoms with Crippen LogP contribution in [0.5, 0.6) is 0 Å². The lowest BCUT2D eigenvalue weighted by molar-refractivity contribution is -0.120. The summed E-state index contributed by atoms with van der Waals surface area (Å²) in [5.41, 5.74) is 3.65. The molecule has 2 aliphatic rings. The monoisotopic (exact) mass is 411 g/mol. The van der Waals surface area contributed by atoms with Gasteiger partial charge in [0.15, 0.2) is 0 Å². The average Bonchev–Trinajstić information content (AvgIpc) is 3.32. The van der Waals surface area contributed by atoms with Crippen molar-refractivity contribution < 1.29 is 14.7 Å². The molecule has 0 spiro atoms. The smallest absolute Gasteiger partial charge is 0.282 e. The van der Waals surface area contributed by atoms with Gasteiger partial charge in [-0.25, -0.2) is 4.90 Å². The number of anilines is 1. The van der Waals surface area contributed by atoms with Gasteiger partial charge in [-0.2, -0.15) is 0 Å². The maximum Gasteiger partial charge on any atom is 0.282 e. The minimum atomic E-state index is -0.251. The lowest BCUT2D eigenvalue weighted by Gasteiger charge is -2.36. The fraction of sp³-hybridized carbons (Fsp3) is 0.364. The number of rotatable bonds is 5. The number of carbonyl (C=O) groups is 2. The highest BCUT2D eigenvalue weighted by molar-refractivity contribution is 7.11. The zero-order valence-electron chi connectivity index (χ0n) is 16.7. The largest absolute Gasteiger partial charge is 0.395 e. The summed E-state index contributed by atoms with van der Waals surface area (Å²) in [6.45, 7) is 7.51. The fourth-order valence-electron chi connectivity index (χ4n) is 3.99. The van der Waals surface area contributed by atoms with Gasteiger partial charge in [-0.3, -0.25) is 14.5 Å². The summed E-state index contributed by atoms with van der Waals surface area (Å²) < 4.78 is 0. The van der Waals surface area contributed by atoms with Crippen molar-refractivity contribution in [3.05, 3.63) is 57.4 Å². The highest BCUT2D eigenvalue weighted by Gasteiger charge is 2.43. The van der Waals surface area contributed by atoms with Gasteiger partial charge < -0.3 is 10.0 Å². The summed E-state index contributed by atoms with van der Waals surface area (Å²) in [4.78, 5) is 33.4. The highest BCUT2D eigenvalue weighted by Crippen LogP contribution is 2.38. The Balaban J connectivity index is 1.73. The predicted octanol–water partition coefficient (Wildman–Crippen LogP) is 2.26. The van der Waals surface area contributed by atoms with Gasteiger partial charge in [-0.05, 0) is 42.5 Å². The average molecular weight is 412 g/mol. The number of aliphatic hydroxyl groups is 1. The summed E-state index contributed by atoms with van der Waals surface area (Å²) in [6.07, 6.45) is 0. The van der Waals surface area contributed by atoms with Crippen molar-refractivity contribution in [2.24, 2.45) is 0 Å². The highest BCUT2D eigenvalue weighted by atomic mass is 32.1. The van der Waals surface area contributed by atoms with E-state index in [9.17, 15) is 14.7 Å². The topological polar surface area (TPSA) is 64.1 Å². The van der Waals surface area contributed by atoms with Crippen LogP contribution in [0.4, 0.5) is 5.69 Å². The second kappa shape index (κ2) is 8.10. The molecule has 0 bridgehead atoms. The molecule has 2 aliphatic heterocycles. The van der Waals surface area contributed by atoms with Gasteiger partial charge in [-0.1, -0.05) is 18.2 Å². The Morgan fingerprint density at radius 3 is 2.41 bits per heavy atom. The molecule has 1 fully saturated rings. The zero-order valence-corrected chi connectivity index (χ0v) is 17.5. The van der Waals surface area contributed by atoms with Crippen molar-refractivity contribution >= 4 is 34.4 Å². The minimum absolute atomic E-state index is 0.126. The Hall–Kier alpha value is -2.48. The summed E-state index contributed by atoms with van der Waals surface area (Å²) in [5.74, 6) is -0.498. The van der Waals surface area contributed by atoms with Gasteiger partial charge in [0.1, 0.15) is 5.70 Å². The molecule has 6 nitrogen and oxygen atoms in total. The van der Waals surface area contributed by atoms with E-state index >= 15 is 0 Å². The number of benzene rings is 1. The molecule has 2 aromatic rings. The molecule has 0 aliphatic carbocycles. The first kappa shape index (κ1) is 19.8. The number of thiophene rings is 1. The molecule has 1 N–H and O–H groups in total. The standard InChI is InChI=1S/C22H25N3O3S/c1-15-5-3-6-17(16(15)2)25-21(27)19(18-7-4-14-29-18)20(22(25)28)24-10-8-23(9-11-24)12-13-26/h3-7,14,26H,8-13H2,1-2H3. The van der Waals surface area contributed by atoms with Gasteiger partial charge in [-0.15, -0.1) is 11.3 Å². The van der Waals surface area contributed by atoms with E-state index < -0.39 is 0 Å². The number of nitrogens with zero attached hydrogens (tertiary/aromatic N) is 3. The molecule has 2 amide bonds. The number of carbonyl (C=O) groups excluding carboxylic acids is 2. The molecule has 7 heteroatoms. The number of β-amino-alcohol motifs (C(OH)–C–C–N with tert-alkyl or cyclic N) is 1. The third-order valence-electron chi connectivity index (χ3n) is 5.75. The molecule has 1 aromatic heterocycles. The zero-order chi connectivity index (χ0) is 20.5. The van der Waals surface area contributed by atoms with Crippen molar-refractivity contribution in [1.82, 2.24) is 9.80 Å². The number of hydrogen-bond donors (Lipinski definition) is 1. The van der Waals surface area contributed by atoms with Crippen LogP contribution in [-0.2, 0) is 9.59 Å². The molecule has 0 radical (unpaired) electrons. The number of imide groups is 1. The van der Waals surface area contributed by atoms with Crippen LogP contribution in [0, 0.1) is 13.8 Å². The lowest BCUT2D eigenvalue weighted by atomic mass is 10.1. The van der Waals surface area contributed by atoms with Crippen LogP contribution in [0.25, 0.3) is 5.57 Å². The van der Waals surface area contributed by atoms with Crippen molar-refractivity contribution in [2.45, 2.75) is 13.8 Å². The molecule has 152 valence electrons. The van der Waals surface area contributed by atoms with Gasteiger partial charge in [0.25, 0.3) is 11.8 Å². The van der Waals surface area contributed by atoms with Crippen LogP contribution in [0.2, 0.25) is 0 Å². The van der Waals surface area contributed by atoms with E-state index in [1.807, 2.05) is 54.5 Å². The van der Waals surface area contributed by atoms with Crippen molar-refractivity contribution in [1.29, 1.82) is 0 Å². The summed E-state index contributed by atoms with van der Waals surface area (Å²) in [6, 6.07) is 9.52. The summed E-state index contributed by atoms with van der Waals surface area (Å²) in [7, 11) is 0. The first-order chi connectivity index (χ1) is 14.0. The Bertz CT molecular complexity index is 960. The third-order valence-corrected chi connectivity index (χ3v) is 6.64. The molecule has 4 rings (SSSR count). The van der Waals surface area contributed by atoms with Crippen LogP contribution in [0.15, 0.2) is 41.4 Å². The van der Waals surface area contributed by atoms with Gasteiger partial charge in [0, 0.05) is 37.6 Å². The normalized spacial score (nSPS) is 18.3. The van der Waals surface area contributed by atoms with E-state index in [-0.39, 0.29) is 18.4 Å². The SMILES string of the molecule is Cc1cccc(N2C(=O)C(c3cccs3)=C(N3CCN(CCO)CC3)C2=O)c1C. The molecule has 1 saturated heterocycles. The van der Waals surface area contributed by atoms with Gasteiger partial charge in [0.2, 0.25) is 0 Å². The van der Waals surface area contributed by atoms with Crippen molar-refractivity contribution in [2.75, 3.05) is 44.2 Å². The minimum Gasteiger partial charge on any atom is -0.395 e. The quantitative estimate of drug-likeness (QED) is 0.765. The van der Waals surface area contributed by atoms with E-state index in [1.165, 1.54) is 16.2 Å². The third kappa shape index (κ3) is 3.50. The summed E-state index contributed by atoms with van der Waals surface area (Å²) in [5, 5.41) is 11.1. The predicted molar refractivity (Wildman–Crippen MR) is 115 cm³/mol. The molecule has 1 aromatic carbocycles. The van der Waals surface area contributed by atoms with Crippen molar-refractivity contribution in [3.63, 3.8) is 0 Å². The number of piperazine rings is 1. The van der Waals surface area contributed by atoms with Crippen LogP contribution >= 0.6 is 11.3 Å². The second-order valence-corrected chi connectivity index (χ2v) is 8.37. The van der Waals surface area contributed by atoms with E-state index in [4.69, 9.17) is 0 Å². The Kier molecular flexibility index (Phi) is 5.54. The van der Waals surface area contributed by atoms with Crippen molar-refractivity contribution in [3.8, 4) is 0 Å². The first-order valence-corrected chi connectivity index (χ1v) is 10.7. The fourth-order valence-corrected chi connectivity index (χ4v) is 4.75. The number of aliphatic hydroxyl groups excluding tert-OH is 1. The van der Waals surface area contributed by atoms with Gasteiger partial charge >= 0.3 is 0 Å². The molecule has 0 unspecified atom stereocenters. The van der Waals surface area contributed by atoms with Crippen LogP contribution in [-0.4, -0.2) is 66.1 Å². The summed E-state index contributed by atoms with van der Waals surface area (Å²) >= 11 is 1.48. The first-order valence-electron chi connectivity index (χ1n) is 9.84. The molecular weight excluding hydrogens is 386 g/mol. The number of aryl methyl sites for hydroxylation is 1. The molecular formula is C22H25N3O3S. The molecule has 0 saturated carbocycles. The Morgan fingerprint density at radius 1 is 1.00 bits per heavy atom. The molecule has 3 heterocycles. The van der Waals surface area contributed by atoms with E-state index in [1.54, 1.807) is 0 Å². The van der Waals surface area contributed by atoms with E-state index in [0.29, 0.717) is 36.6 Å². The number of amides is 2. The molecule has 29 heavy (non-hydrogen) atoms. The Labute approximate surface area is 174 Å². The van der Waals surface area contributed by atoms with E-state index in [0.717, 1.165) is 29.1 Å². The maximum absolute atomic E-state index is 13.5.